The molecule has 1 aromatic carbocycles. The van der Waals surface area contributed by atoms with Gasteiger partial charge in [0.1, 0.15) is 11.8 Å². The molecule has 2 aromatic rings. The second kappa shape index (κ2) is 7.50. The van der Waals surface area contributed by atoms with E-state index >= 15 is 0 Å². The molecule has 4 rings (SSSR count). The van der Waals surface area contributed by atoms with E-state index in [0.29, 0.717) is 11.8 Å². The van der Waals surface area contributed by atoms with Gasteiger partial charge in [0.2, 0.25) is 0 Å². The number of aromatic nitrogens is 1. The number of pyridine rings is 1. The van der Waals surface area contributed by atoms with E-state index in [1.165, 1.54) is 5.57 Å². The van der Waals surface area contributed by atoms with E-state index in [0.717, 1.165) is 36.8 Å². The molecule has 2 aliphatic heterocycles. The van der Waals surface area contributed by atoms with Crippen molar-refractivity contribution >= 4 is 23.3 Å². The Morgan fingerprint density at radius 1 is 1.19 bits per heavy atom. The molecular weight excluding hydrogens is 348 g/mol. The number of nitrogens with zero attached hydrogens (tertiary/aromatic N) is 2. The van der Waals surface area contributed by atoms with Crippen LogP contribution in [-0.4, -0.2) is 28.1 Å². The van der Waals surface area contributed by atoms with Gasteiger partial charge in [0.25, 0.3) is 0 Å². The number of benzene rings is 1. The second-order valence-corrected chi connectivity index (χ2v) is 7.25. The van der Waals surface area contributed by atoms with Gasteiger partial charge in [0.05, 0.1) is 6.04 Å². The lowest BCUT2D eigenvalue weighted by Gasteiger charge is -2.44. The number of hydrogen-bond donors (Lipinski definition) is 0. The predicted molar refractivity (Wildman–Crippen MR) is 102 cm³/mol. The number of carbonyl (C=O) groups excluding carboxylic acids is 1. The molecule has 26 heavy (non-hydrogen) atoms. The zero-order valence-corrected chi connectivity index (χ0v) is 15.2. The number of fused-ring (bicyclic) bond motifs is 2. The van der Waals surface area contributed by atoms with Crippen molar-refractivity contribution in [2.45, 2.75) is 44.4 Å². The first-order chi connectivity index (χ1) is 12.7. The van der Waals surface area contributed by atoms with E-state index in [1.54, 1.807) is 0 Å². The summed E-state index contributed by atoms with van der Waals surface area (Å²) < 4.78 is 5.59. The van der Waals surface area contributed by atoms with Gasteiger partial charge in [-0.05, 0) is 48.4 Å². The maximum Gasteiger partial charge on any atom is 0.410 e. The van der Waals surface area contributed by atoms with Crippen molar-refractivity contribution < 1.29 is 9.53 Å². The third-order valence-corrected chi connectivity index (χ3v) is 5.37. The summed E-state index contributed by atoms with van der Waals surface area (Å²) in [6, 6.07) is 13.9. The second-order valence-electron chi connectivity index (χ2n) is 6.87. The highest BCUT2D eigenvalue weighted by atomic mass is 35.5. The Morgan fingerprint density at radius 3 is 2.77 bits per heavy atom. The number of carbonyl (C=O) groups is 1. The molecule has 0 N–H and O–H groups in total. The van der Waals surface area contributed by atoms with Gasteiger partial charge in [0.15, 0.2) is 0 Å². The largest absolute Gasteiger partial charge is 0.445 e. The van der Waals surface area contributed by atoms with Crippen molar-refractivity contribution in [2.75, 3.05) is 0 Å². The van der Waals surface area contributed by atoms with Crippen molar-refractivity contribution in [2.24, 2.45) is 0 Å². The molecular formula is C21H21ClN2O2. The van der Waals surface area contributed by atoms with Crippen LogP contribution in [0.3, 0.4) is 0 Å². The van der Waals surface area contributed by atoms with E-state index in [1.807, 2.05) is 53.6 Å². The minimum Gasteiger partial charge on any atom is -0.445 e. The molecule has 134 valence electrons. The Kier molecular flexibility index (Phi) is 4.93. The van der Waals surface area contributed by atoms with Crippen LogP contribution >= 0.6 is 11.6 Å². The van der Waals surface area contributed by atoms with E-state index < -0.39 is 0 Å². The maximum atomic E-state index is 12.7. The normalized spacial score (nSPS) is 21.9. The molecule has 0 saturated carbocycles. The fourth-order valence-corrected chi connectivity index (χ4v) is 4.00. The van der Waals surface area contributed by atoms with Gasteiger partial charge in [-0.25, -0.2) is 9.78 Å². The summed E-state index contributed by atoms with van der Waals surface area (Å²) in [4.78, 5) is 18.8. The van der Waals surface area contributed by atoms with Crippen LogP contribution in [0.25, 0.3) is 5.57 Å². The topological polar surface area (TPSA) is 42.4 Å². The van der Waals surface area contributed by atoms with Crippen LogP contribution in [0.2, 0.25) is 5.15 Å². The van der Waals surface area contributed by atoms with E-state index in [9.17, 15) is 4.79 Å². The van der Waals surface area contributed by atoms with E-state index in [2.05, 4.69) is 11.1 Å². The van der Waals surface area contributed by atoms with Crippen LogP contribution in [0.5, 0.6) is 0 Å². The fourth-order valence-electron chi connectivity index (χ4n) is 3.89. The van der Waals surface area contributed by atoms with Crippen molar-refractivity contribution in [1.82, 2.24) is 9.88 Å². The lowest BCUT2D eigenvalue weighted by molar-refractivity contribution is 0.0510. The Morgan fingerprint density at radius 2 is 2.04 bits per heavy atom. The molecule has 2 atom stereocenters. The molecule has 1 saturated heterocycles. The molecule has 0 radical (unpaired) electrons. The summed E-state index contributed by atoms with van der Waals surface area (Å²) in [6.45, 7) is 0.313. The molecule has 0 aliphatic carbocycles. The van der Waals surface area contributed by atoms with Gasteiger partial charge in [0, 0.05) is 12.2 Å². The molecule has 5 heteroatoms. The SMILES string of the molecule is O=C(OCc1ccccc1)N1C2C=C(c3ccc(Cl)nc3)CC1CCC2. The average molecular weight is 369 g/mol. The lowest BCUT2D eigenvalue weighted by atomic mass is 9.83. The van der Waals surface area contributed by atoms with Crippen LogP contribution in [0.4, 0.5) is 4.79 Å². The number of ether oxygens (including phenoxy) is 1. The summed E-state index contributed by atoms with van der Waals surface area (Å²) in [7, 11) is 0. The Balaban J connectivity index is 1.49. The fraction of sp³-hybridized carbons (Fsp3) is 0.333. The molecule has 2 unspecified atom stereocenters. The Bertz CT molecular complexity index is 805. The van der Waals surface area contributed by atoms with Gasteiger partial charge in [-0.15, -0.1) is 0 Å². The number of hydrogen-bond acceptors (Lipinski definition) is 3. The summed E-state index contributed by atoms with van der Waals surface area (Å²) in [5.74, 6) is 0. The molecule has 4 nitrogen and oxygen atoms in total. The quantitative estimate of drug-likeness (QED) is 0.709. The number of piperidine rings is 1. The highest BCUT2D eigenvalue weighted by molar-refractivity contribution is 6.29. The van der Waals surface area contributed by atoms with Crippen molar-refractivity contribution in [1.29, 1.82) is 0 Å². The summed E-state index contributed by atoms with van der Waals surface area (Å²) in [6.07, 6.45) is 7.75. The zero-order chi connectivity index (χ0) is 17.9. The van der Waals surface area contributed by atoms with Crippen molar-refractivity contribution in [3.05, 3.63) is 71.0 Å². The third-order valence-electron chi connectivity index (χ3n) is 5.15. The highest BCUT2D eigenvalue weighted by Gasteiger charge is 2.38. The van der Waals surface area contributed by atoms with E-state index in [4.69, 9.17) is 16.3 Å². The van der Waals surface area contributed by atoms with Gasteiger partial charge >= 0.3 is 6.09 Å². The lowest BCUT2D eigenvalue weighted by Crippen LogP contribution is -2.51. The van der Waals surface area contributed by atoms with Crippen LogP contribution in [0.15, 0.2) is 54.7 Å². The minimum absolute atomic E-state index is 0.0939. The van der Waals surface area contributed by atoms with Gasteiger partial charge in [-0.1, -0.05) is 54.1 Å². The Labute approximate surface area is 158 Å². The smallest absolute Gasteiger partial charge is 0.410 e. The Hall–Kier alpha value is -2.33. The van der Waals surface area contributed by atoms with Crippen LogP contribution < -0.4 is 0 Å². The predicted octanol–water partition coefficient (Wildman–Crippen LogP) is 5.08. The number of amides is 1. The van der Waals surface area contributed by atoms with Crippen LogP contribution in [0, 0.1) is 0 Å². The third kappa shape index (κ3) is 3.61. The highest BCUT2D eigenvalue weighted by Crippen LogP contribution is 2.37. The minimum atomic E-state index is -0.215. The molecule has 3 heterocycles. The summed E-state index contributed by atoms with van der Waals surface area (Å²) >= 11 is 5.90. The van der Waals surface area contributed by atoms with Gasteiger partial charge in [-0.3, -0.25) is 4.90 Å². The molecule has 1 aromatic heterocycles. The average Bonchev–Trinajstić information content (AvgIpc) is 2.66. The molecule has 1 amide bonds. The summed E-state index contributed by atoms with van der Waals surface area (Å²) in [5, 5.41) is 0.497. The molecule has 0 spiro atoms. The first-order valence-corrected chi connectivity index (χ1v) is 9.40. The van der Waals surface area contributed by atoms with Crippen molar-refractivity contribution in [3.8, 4) is 0 Å². The van der Waals surface area contributed by atoms with Gasteiger partial charge in [-0.2, -0.15) is 0 Å². The first kappa shape index (κ1) is 17.1. The van der Waals surface area contributed by atoms with Crippen molar-refractivity contribution in [3.63, 3.8) is 0 Å². The first-order valence-electron chi connectivity index (χ1n) is 9.02. The van der Waals surface area contributed by atoms with Crippen LogP contribution in [-0.2, 0) is 11.3 Å². The maximum absolute atomic E-state index is 12.7. The van der Waals surface area contributed by atoms with Crippen LogP contribution in [0.1, 0.15) is 36.8 Å². The van der Waals surface area contributed by atoms with E-state index in [-0.39, 0.29) is 18.2 Å². The molecule has 1 fully saturated rings. The zero-order valence-electron chi connectivity index (χ0n) is 14.5. The number of rotatable bonds is 3. The molecule has 2 bridgehead atoms. The van der Waals surface area contributed by atoms with Gasteiger partial charge < -0.3 is 4.74 Å². The number of halogens is 1. The monoisotopic (exact) mass is 368 g/mol. The molecule has 2 aliphatic rings. The summed E-state index contributed by atoms with van der Waals surface area (Å²) in [5.41, 5.74) is 3.34. The standard InChI is InChI=1S/C21H21ClN2O2/c22-20-10-9-16(13-23-20)17-11-18-7-4-8-19(12-17)24(18)21(25)26-14-15-5-2-1-3-6-15/h1-3,5-6,9-11,13,18-19H,4,7-8,12,14H2.